The summed E-state index contributed by atoms with van der Waals surface area (Å²) >= 11 is 1.87. The number of thiophene rings is 1. The fourth-order valence-corrected chi connectivity index (χ4v) is 9.54. The Hall–Kier alpha value is -6.94. The highest BCUT2D eigenvalue weighted by Crippen LogP contribution is 2.50. The van der Waals surface area contributed by atoms with Gasteiger partial charge in [-0.1, -0.05) is 152 Å². The van der Waals surface area contributed by atoms with E-state index in [4.69, 9.17) is 4.42 Å². The molecular formula is C52H33NOS. The molecule has 55 heavy (non-hydrogen) atoms. The minimum atomic E-state index is 0.875. The Balaban J connectivity index is 1.18. The van der Waals surface area contributed by atoms with Crippen LogP contribution in [0.5, 0.6) is 0 Å². The van der Waals surface area contributed by atoms with Gasteiger partial charge in [0.05, 0.1) is 16.8 Å². The highest BCUT2D eigenvalue weighted by Gasteiger charge is 2.25. The van der Waals surface area contributed by atoms with Crippen molar-refractivity contribution in [2.45, 2.75) is 0 Å². The third-order valence-corrected chi connectivity index (χ3v) is 12.1. The molecule has 0 aliphatic rings. The van der Waals surface area contributed by atoms with Crippen LogP contribution in [-0.2, 0) is 0 Å². The summed E-state index contributed by atoms with van der Waals surface area (Å²) in [5, 5.41) is 7.17. The number of anilines is 3. The maximum atomic E-state index is 6.80. The zero-order valence-corrected chi connectivity index (χ0v) is 30.6. The van der Waals surface area contributed by atoms with Crippen LogP contribution in [0.4, 0.5) is 17.1 Å². The molecule has 0 saturated heterocycles. The van der Waals surface area contributed by atoms with Crippen LogP contribution in [-0.4, -0.2) is 0 Å². The predicted molar refractivity (Wildman–Crippen MR) is 235 cm³/mol. The van der Waals surface area contributed by atoms with Crippen molar-refractivity contribution in [2.24, 2.45) is 0 Å². The van der Waals surface area contributed by atoms with Gasteiger partial charge < -0.3 is 9.32 Å². The Morgan fingerprint density at radius 1 is 0.400 bits per heavy atom. The topological polar surface area (TPSA) is 16.4 Å². The summed E-state index contributed by atoms with van der Waals surface area (Å²) in [6.07, 6.45) is 0. The van der Waals surface area contributed by atoms with Crippen LogP contribution in [0.3, 0.4) is 0 Å². The monoisotopic (exact) mass is 719 g/mol. The molecular weight excluding hydrogens is 687 g/mol. The first kappa shape index (κ1) is 31.6. The average Bonchev–Trinajstić information content (AvgIpc) is 3.84. The summed E-state index contributed by atoms with van der Waals surface area (Å²) in [5.74, 6) is 0. The summed E-state index contributed by atoms with van der Waals surface area (Å²) in [7, 11) is 0. The van der Waals surface area contributed by atoms with Gasteiger partial charge in [-0.25, -0.2) is 0 Å². The Labute approximate surface area is 322 Å². The van der Waals surface area contributed by atoms with Gasteiger partial charge in [-0.05, 0) is 87.1 Å². The molecule has 0 N–H and O–H groups in total. The molecule has 11 rings (SSSR count). The van der Waals surface area contributed by atoms with E-state index in [2.05, 4.69) is 205 Å². The lowest BCUT2D eigenvalue weighted by Crippen LogP contribution is -2.11. The van der Waals surface area contributed by atoms with E-state index in [0.29, 0.717) is 0 Å². The molecule has 2 nitrogen and oxygen atoms in total. The third-order valence-electron chi connectivity index (χ3n) is 10.9. The fraction of sp³-hybridized carbons (Fsp3) is 0. The summed E-state index contributed by atoms with van der Waals surface area (Å²) in [5.41, 5.74) is 12.1. The molecule has 0 bridgehead atoms. The van der Waals surface area contributed by atoms with E-state index in [9.17, 15) is 0 Å². The second-order valence-electron chi connectivity index (χ2n) is 14.0. The molecule has 0 radical (unpaired) electrons. The molecule has 0 aliphatic heterocycles. The molecule has 258 valence electrons. The molecule has 0 unspecified atom stereocenters. The van der Waals surface area contributed by atoms with E-state index in [-0.39, 0.29) is 0 Å². The maximum absolute atomic E-state index is 6.80. The van der Waals surface area contributed by atoms with E-state index in [0.717, 1.165) is 50.1 Å². The lowest BCUT2D eigenvalue weighted by molar-refractivity contribution is 0.670. The molecule has 0 atom stereocenters. The van der Waals surface area contributed by atoms with Gasteiger partial charge in [-0.3, -0.25) is 0 Å². The van der Waals surface area contributed by atoms with Crippen LogP contribution in [0.2, 0.25) is 0 Å². The van der Waals surface area contributed by atoms with Crippen molar-refractivity contribution in [1.82, 2.24) is 0 Å². The number of nitrogens with zero attached hydrogens (tertiary/aromatic N) is 1. The van der Waals surface area contributed by atoms with Crippen LogP contribution < -0.4 is 4.90 Å². The van der Waals surface area contributed by atoms with Crippen molar-refractivity contribution in [2.75, 3.05) is 4.90 Å². The molecule has 2 heterocycles. The standard InChI is InChI=1S/C52H33NOS/c1-3-14-36(15-4-1)41-31-32-46(50-43-19-9-10-23-47(43)54-51(41)50)53(40-29-27-35(28-30-40)39-26-25-34-13-7-8-18-38(34)33-39)45-22-12-24-48-49(45)44-21-11-20-42(52(44)55-48)37-16-5-2-6-17-37/h1-33H. The van der Waals surface area contributed by atoms with Crippen molar-refractivity contribution in [3.63, 3.8) is 0 Å². The van der Waals surface area contributed by atoms with Crippen molar-refractivity contribution >= 4 is 81.3 Å². The van der Waals surface area contributed by atoms with Crippen molar-refractivity contribution in [3.05, 3.63) is 200 Å². The fourth-order valence-electron chi connectivity index (χ4n) is 8.28. The summed E-state index contributed by atoms with van der Waals surface area (Å²) in [6.45, 7) is 0. The number of rotatable bonds is 6. The summed E-state index contributed by atoms with van der Waals surface area (Å²) < 4.78 is 9.34. The molecule has 11 aromatic rings. The second kappa shape index (κ2) is 12.9. The van der Waals surface area contributed by atoms with E-state index in [1.165, 1.54) is 53.2 Å². The van der Waals surface area contributed by atoms with E-state index >= 15 is 0 Å². The lowest BCUT2D eigenvalue weighted by Gasteiger charge is -2.28. The van der Waals surface area contributed by atoms with E-state index in [1.807, 2.05) is 11.3 Å². The van der Waals surface area contributed by atoms with Gasteiger partial charge in [-0.2, -0.15) is 0 Å². The molecule has 0 amide bonds. The van der Waals surface area contributed by atoms with Gasteiger partial charge in [0, 0.05) is 36.8 Å². The van der Waals surface area contributed by atoms with Gasteiger partial charge in [0.1, 0.15) is 11.2 Å². The van der Waals surface area contributed by atoms with E-state index in [1.54, 1.807) is 0 Å². The number of hydrogen-bond acceptors (Lipinski definition) is 3. The third kappa shape index (κ3) is 5.24. The summed E-state index contributed by atoms with van der Waals surface area (Å²) in [6, 6.07) is 72.1. The maximum Gasteiger partial charge on any atom is 0.145 e. The van der Waals surface area contributed by atoms with Crippen LogP contribution >= 0.6 is 11.3 Å². The molecule has 0 spiro atoms. The minimum Gasteiger partial charge on any atom is -0.455 e. The summed E-state index contributed by atoms with van der Waals surface area (Å²) in [4.78, 5) is 2.45. The van der Waals surface area contributed by atoms with Crippen LogP contribution in [0.15, 0.2) is 205 Å². The smallest absolute Gasteiger partial charge is 0.145 e. The number of fused-ring (bicyclic) bond motifs is 7. The molecule has 3 heteroatoms. The van der Waals surface area contributed by atoms with Gasteiger partial charge in [0.2, 0.25) is 0 Å². The zero-order valence-electron chi connectivity index (χ0n) is 29.8. The molecule has 0 aliphatic carbocycles. The Kier molecular flexibility index (Phi) is 7.39. The normalized spacial score (nSPS) is 11.6. The molecule has 2 aromatic heterocycles. The zero-order chi connectivity index (χ0) is 36.3. The molecule has 9 aromatic carbocycles. The molecule has 0 saturated carbocycles. The van der Waals surface area contributed by atoms with Crippen molar-refractivity contribution in [3.8, 4) is 33.4 Å². The highest BCUT2D eigenvalue weighted by molar-refractivity contribution is 7.26. The first-order valence-electron chi connectivity index (χ1n) is 18.7. The van der Waals surface area contributed by atoms with Gasteiger partial charge in [0.25, 0.3) is 0 Å². The quantitative estimate of drug-likeness (QED) is 0.170. The number of furan rings is 1. The van der Waals surface area contributed by atoms with Gasteiger partial charge in [0.15, 0.2) is 0 Å². The second-order valence-corrected chi connectivity index (χ2v) is 15.1. The first-order valence-corrected chi connectivity index (χ1v) is 19.5. The minimum absolute atomic E-state index is 0.875. The van der Waals surface area contributed by atoms with Crippen LogP contribution in [0.1, 0.15) is 0 Å². The Morgan fingerprint density at radius 3 is 1.87 bits per heavy atom. The average molecular weight is 720 g/mol. The number of para-hydroxylation sites is 1. The lowest BCUT2D eigenvalue weighted by atomic mass is 9.98. The molecule has 0 fully saturated rings. The van der Waals surface area contributed by atoms with Crippen molar-refractivity contribution < 1.29 is 4.42 Å². The Bertz CT molecular complexity index is 3190. The Morgan fingerprint density at radius 2 is 1.05 bits per heavy atom. The predicted octanol–water partition coefficient (Wildman–Crippen LogP) is 15.6. The SMILES string of the molecule is c1ccc(-c2ccc(N(c3ccc(-c4ccc5ccccc5c4)cc3)c3cccc4sc5c(-c6ccccc6)cccc5c34)c3c2oc2ccccc23)cc1. The van der Waals surface area contributed by atoms with E-state index < -0.39 is 0 Å². The van der Waals surface area contributed by atoms with Crippen LogP contribution in [0, 0.1) is 0 Å². The number of benzene rings is 9. The number of hydrogen-bond donors (Lipinski definition) is 0. The largest absolute Gasteiger partial charge is 0.455 e. The van der Waals surface area contributed by atoms with Gasteiger partial charge in [-0.15, -0.1) is 11.3 Å². The highest BCUT2D eigenvalue weighted by atomic mass is 32.1. The van der Waals surface area contributed by atoms with Gasteiger partial charge >= 0.3 is 0 Å². The first-order chi connectivity index (χ1) is 27.3. The van der Waals surface area contributed by atoms with Crippen molar-refractivity contribution in [1.29, 1.82) is 0 Å². The van der Waals surface area contributed by atoms with Crippen LogP contribution in [0.25, 0.3) is 86.3 Å².